The molecule has 0 aromatic rings. The Morgan fingerprint density at radius 3 is 2.67 bits per heavy atom. The molecule has 0 saturated carbocycles. The van der Waals surface area contributed by atoms with Crippen molar-refractivity contribution in [3.05, 3.63) is 10.7 Å². The van der Waals surface area contributed by atoms with Crippen molar-refractivity contribution in [2.75, 3.05) is 13.7 Å². The first-order valence-electron chi connectivity index (χ1n) is 3.08. The Hall–Kier alpha value is -0.740. The van der Waals surface area contributed by atoms with Gasteiger partial charge in [0.2, 0.25) is 0 Å². The van der Waals surface area contributed by atoms with Gasteiger partial charge in [-0.25, -0.2) is 4.79 Å². The molecule has 12 heavy (non-hydrogen) atoms. The third-order valence-electron chi connectivity index (χ3n) is 1.38. The number of carbonyl (C=O) groups is 1. The lowest BCUT2D eigenvalue weighted by Crippen LogP contribution is -2.26. The molecule has 0 aromatic carbocycles. The van der Waals surface area contributed by atoms with Gasteiger partial charge >= 0.3 is 5.97 Å². The second kappa shape index (κ2) is 3.33. The summed E-state index contributed by atoms with van der Waals surface area (Å²) < 4.78 is 0. The highest BCUT2D eigenvalue weighted by atomic mass is 35.5. The van der Waals surface area contributed by atoms with Crippen molar-refractivity contribution in [3.8, 4) is 0 Å². The van der Waals surface area contributed by atoms with Crippen LogP contribution in [0.1, 0.15) is 0 Å². The summed E-state index contributed by atoms with van der Waals surface area (Å²) in [6, 6.07) is 0. The fraction of sp³-hybridized carbons (Fsp3) is 0.333. The lowest BCUT2D eigenvalue weighted by atomic mass is 10.3. The van der Waals surface area contributed by atoms with Gasteiger partial charge in [-0.1, -0.05) is 23.2 Å². The molecule has 66 valence electrons. The van der Waals surface area contributed by atoms with Crippen LogP contribution in [0, 0.1) is 0 Å². The molecule has 0 atom stereocenters. The summed E-state index contributed by atoms with van der Waals surface area (Å²) in [6.45, 7) is 0.286. The van der Waals surface area contributed by atoms with Crippen LogP contribution in [0.4, 0.5) is 0 Å². The summed E-state index contributed by atoms with van der Waals surface area (Å²) in [5, 5.41) is 8.73. The largest absolute Gasteiger partial charge is 0.477 e. The average Bonchev–Trinajstić information content (AvgIpc) is 1.97. The van der Waals surface area contributed by atoms with Crippen molar-refractivity contribution in [1.82, 2.24) is 4.90 Å². The molecule has 0 bridgehead atoms. The Morgan fingerprint density at radius 1 is 1.67 bits per heavy atom. The van der Waals surface area contributed by atoms with E-state index in [4.69, 9.17) is 28.3 Å². The van der Waals surface area contributed by atoms with Crippen LogP contribution >= 0.6 is 23.2 Å². The molecule has 1 N–H and O–H groups in total. The first kappa shape index (κ1) is 9.35. The van der Waals surface area contributed by atoms with Gasteiger partial charge < -0.3 is 10.0 Å². The Kier molecular flexibility index (Phi) is 2.59. The number of carboxylic acid groups (broad SMARTS) is 1. The molecule has 6 heteroatoms. The molecule has 0 radical (unpaired) electrons. The minimum absolute atomic E-state index is 0.0504. The molecule has 1 aliphatic rings. The van der Waals surface area contributed by atoms with E-state index < -0.39 is 5.97 Å². The second-order valence-electron chi connectivity index (χ2n) is 2.26. The SMILES string of the molecule is CN1CN=C(Cl)C(C(=O)O)=C1Cl. The second-order valence-corrected chi connectivity index (χ2v) is 2.98. The highest BCUT2D eigenvalue weighted by molar-refractivity contribution is 6.73. The van der Waals surface area contributed by atoms with Gasteiger partial charge in [0.1, 0.15) is 22.6 Å². The predicted octanol–water partition coefficient (Wildman–Crippen LogP) is 1.06. The Bertz CT molecular complexity index is 285. The molecule has 4 nitrogen and oxygen atoms in total. The van der Waals surface area contributed by atoms with Crippen LogP contribution < -0.4 is 0 Å². The topological polar surface area (TPSA) is 52.9 Å². The average molecular weight is 209 g/mol. The standard InChI is InChI=1S/C6H6Cl2N2O2/c1-10-2-9-4(7)3(5(10)8)6(11)12/h2H2,1H3,(H,11,12). The van der Waals surface area contributed by atoms with E-state index in [1.54, 1.807) is 7.05 Å². The van der Waals surface area contributed by atoms with Crippen LogP contribution in [0.5, 0.6) is 0 Å². The third-order valence-corrected chi connectivity index (χ3v) is 2.17. The van der Waals surface area contributed by atoms with Gasteiger partial charge in [0.15, 0.2) is 0 Å². The van der Waals surface area contributed by atoms with Crippen LogP contribution in [0.3, 0.4) is 0 Å². The molecule has 0 unspecified atom stereocenters. The summed E-state index contributed by atoms with van der Waals surface area (Å²) >= 11 is 11.2. The lowest BCUT2D eigenvalue weighted by Gasteiger charge is -2.21. The first-order chi connectivity index (χ1) is 5.54. The molecule has 1 rings (SSSR count). The van der Waals surface area contributed by atoms with E-state index in [0.29, 0.717) is 0 Å². The number of rotatable bonds is 1. The molecular formula is C6H6Cl2N2O2. The molecule has 1 heterocycles. The van der Waals surface area contributed by atoms with Crippen molar-refractivity contribution in [3.63, 3.8) is 0 Å². The number of carboxylic acids is 1. The van der Waals surface area contributed by atoms with Gasteiger partial charge in [0, 0.05) is 7.05 Å². The summed E-state index contributed by atoms with van der Waals surface area (Å²) in [5.74, 6) is -1.17. The van der Waals surface area contributed by atoms with E-state index in [1.807, 2.05) is 0 Å². The summed E-state index contributed by atoms with van der Waals surface area (Å²) in [6.07, 6.45) is 0. The van der Waals surface area contributed by atoms with Gasteiger partial charge in [0.25, 0.3) is 0 Å². The van der Waals surface area contributed by atoms with Crippen LogP contribution in [0.25, 0.3) is 0 Å². The van der Waals surface area contributed by atoms with Crippen LogP contribution in [-0.4, -0.2) is 34.9 Å². The fourth-order valence-corrected chi connectivity index (χ4v) is 1.26. The van der Waals surface area contributed by atoms with Crippen molar-refractivity contribution in [1.29, 1.82) is 0 Å². The van der Waals surface area contributed by atoms with Gasteiger partial charge in [-0.05, 0) is 0 Å². The van der Waals surface area contributed by atoms with E-state index in [0.717, 1.165) is 0 Å². The van der Waals surface area contributed by atoms with Crippen molar-refractivity contribution < 1.29 is 9.90 Å². The van der Waals surface area contributed by atoms with E-state index >= 15 is 0 Å². The van der Waals surface area contributed by atoms with Crippen molar-refractivity contribution in [2.45, 2.75) is 0 Å². The molecule has 0 fully saturated rings. The quantitative estimate of drug-likeness (QED) is 0.657. The number of aliphatic imine (C=N–C) groups is 1. The molecular weight excluding hydrogens is 203 g/mol. The third kappa shape index (κ3) is 1.54. The van der Waals surface area contributed by atoms with Gasteiger partial charge in [-0.15, -0.1) is 0 Å². The van der Waals surface area contributed by atoms with E-state index in [2.05, 4.69) is 4.99 Å². The van der Waals surface area contributed by atoms with Crippen molar-refractivity contribution >= 4 is 34.3 Å². The molecule has 0 saturated heterocycles. The maximum Gasteiger partial charge on any atom is 0.341 e. The summed E-state index contributed by atoms with van der Waals surface area (Å²) in [7, 11) is 1.64. The zero-order chi connectivity index (χ0) is 9.30. The zero-order valence-corrected chi connectivity index (χ0v) is 7.72. The van der Waals surface area contributed by atoms with Gasteiger partial charge in [-0.3, -0.25) is 4.99 Å². The number of aliphatic carboxylic acids is 1. The smallest absolute Gasteiger partial charge is 0.341 e. The minimum Gasteiger partial charge on any atom is -0.477 e. The number of halogens is 2. The summed E-state index contributed by atoms with van der Waals surface area (Å²) in [4.78, 5) is 15.8. The highest BCUT2D eigenvalue weighted by Gasteiger charge is 2.23. The zero-order valence-electron chi connectivity index (χ0n) is 6.21. The molecule has 1 aliphatic heterocycles. The monoisotopic (exact) mass is 208 g/mol. The minimum atomic E-state index is -1.17. The molecule has 0 aliphatic carbocycles. The number of nitrogens with zero attached hydrogens (tertiary/aromatic N) is 2. The van der Waals surface area contributed by atoms with E-state index in [-0.39, 0.29) is 22.6 Å². The molecule has 0 aromatic heterocycles. The number of hydrogen-bond donors (Lipinski definition) is 1. The molecule has 0 amide bonds. The fourth-order valence-electron chi connectivity index (χ4n) is 0.762. The Balaban J connectivity index is 3.12. The maximum atomic E-state index is 10.6. The van der Waals surface area contributed by atoms with Crippen molar-refractivity contribution in [2.24, 2.45) is 4.99 Å². The first-order valence-corrected chi connectivity index (χ1v) is 3.84. The van der Waals surface area contributed by atoms with E-state index in [9.17, 15) is 4.79 Å². The Labute approximate surface area is 79.1 Å². The van der Waals surface area contributed by atoms with E-state index in [1.165, 1.54) is 4.90 Å². The normalized spacial score (nSPS) is 17.9. The maximum absolute atomic E-state index is 10.6. The lowest BCUT2D eigenvalue weighted by molar-refractivity contribution is -0.132. The summed E-state index contributed by atoms with van der Waals surface area (Å²) in [5.41, 5.74) is -0.146. The molecule has 0 spiro atoms. The van der Waals surface area contributed by atoms with Crippen LogP contribution in [0.15, 0.2) is 15.7 Å². The van der Waals surface area contributed by atoms with Gasteiger partial charge in [0.05, 0.1) is 0 Å². The number of hydrogen-bond acceptors (Lipinski definition) is 3. The van der Waals surface area contributed by atoms with Crippen LogP contribution in [0.2, 0.25) is 0 Å². The predicted molar refractivity (Wildman–Crippen MR) is 46.4 cm³/mol. The van der Waals surface area contributed by atoms with Crippen LogP contribution in [-0.2, 0) is 4.79 Å². The van der Waals surface area contributed by atoms with Gasteiger partial charge in [-0.2, -0.15) is 0 Å². The Morgan fingerprint density at radius 2 is 2.25 bits per heavy atom. The highest BCUT2D eigenvalue weighted by Crippen LogP contribution is 2.21.